The molecule has 0 unspecified atom stereocenters. The van der Waals surface area contributed by atoms with Crippen molar-refractivity contribution in [1.29, 1.82) is 0 Å². The SMILES string of the molecule is COc1cc(F)ccc1NC(=O)Nc1sccc1C(=O)O. The summed E-state index contributed by atoms with van der Waals surface area (Å²) in [6, 6.07) is 4.39. The van der Waals surface area contributed by atoms with Crippen LogP contribution in [0.5, 0.6) is 5.75 Å². The third kappa shape index (κ3) is 3.48. The number of amides is 2. The molecule has 1 aromatic heterocycles. The van der Waals surface area contributed by atoms with Gasteiger partial charge in [0.2, 0.25) is 0 Å². The van der Waals surface area contributed by atoms with Crippen molar-refractivity contribution in [2.75, 3.05) is 17.7 Å². The van der Waals surface area contributed by atoms with Gasteiger partial charge in [0.25, 0.3) is 0 Å². The maximum Gasteiger partial charge on any atom is 0.338 e. The molecule has 1 heterocycles. The molecule has 0 saturated carbocycles. The normalized spacial score (nSPS) is 10.0. The molecule has 0 atom stereocenters. The third-order valence-corrected chi connectivity index (χ3v) is 3.36. The first-order valence-corrected chi connectivity index (χ1v) is 6.61. The summed E-state index contributed by atoms with van der Waals surface area (Å²) in [5.74, 6) is -1.47. The van der Waals surface area contributed by atoms with Gasteiger partial charge in [-0.2, -0.15) is 0 Å². The zero-order valence-corrected chi connectivity index (χ0v) is 11.7. The molecule has 3 N–H and O–H groups in total. The van der Waals surface area contributed by atoms with Crippen molar-refractivity contribution in [1.82, 2.24) is 0 Å². The second-order valence-electron chi connectivity index (χ2n) is 3.89. The molecule has 0 bridgehead atoms. The lowest BCUT2D eigenvalue weighted by atomic mass is 10.3. The zero-order valence-electron chi connectivity index (χ0n) is 10.8. The van der Waals surface area contributed by atoms with Crippen LogP contribution in [0.4, 0.5) is 19.9 Å². The van der Waals surface area contributed by atoms with Crippen LogP contribution < -0.4 is 15.4 Å². The second kappa shape index (κ2) is 6.23. The van der Waals surface area contributed by atoms with Gasteiger partial charge in [-0.1, -0.05) is 0 Å². The fourth-order valence-electron chi connectivity index (χ4n) is 1.60. The number of hydrogen-bond donors (Lipinski definition) is 3. The van der Waals surface area contributed by atoms with Gasteiger partial charge in [0.15, 0.2) is 0 Å². The van der Waals surface area contributed by atoms with Crippen molar-refractivity contribution in [3.05, 3.63) is 41.0 Å². The number of hydrogen-bond acceptors (Lipinski definition) is 4. The summed E-state index contributed by atoms with van der Waals surface area (Å²) in [5.41, 5.74) is 0.269. The van der Waals surface area contributed by atoms with E-state index in [4.69, 9.17) is 9.84 Å². The van der Waals surface area contributed by atoms with Crippen molar-refractivity contribution in [2.24, 2.45) is 0 Å². The number of ether oxygens (including phenoxy) is 1. The second-order valence-corrected chi connectivity index (χ2v) is 4.81. The number of aromatic carboxylic acids is 1. The Balaban J connectivity index is 2.12. The van der Waals surface area contributed by atoms with E-state index in [1.54, 1.807) is 5.38 Å². The van der Waals surface area contributed by atoms with E-state index in [0.29, 0.717) is 0 Å². The summed E-state index contributed by atoms with van der Waals surface area (Å²) in [6.45, 7) is 0. The van der Waals surface area contributed by atoms with Crippen LogP contribution in [0.2, 0.25) is 0 Å². The quantitative estimate of drug-likeness (QED) is 0.809. The van der Waals surface area contributed by atoms with Crippen molar-refractivity contribution in [3.63, 3.8) is 0 Å². The first kappa shape index (κ1) is 14.8. The zero-order chi connectivity index (χ0) is 15.4. The van der Waals surface area contributed by atoms with E-state index in [2.05, 4.69) is 10.6 Å². The third-order valence-electron chi connectivity index (χ3n) is 2.53. The molecular formula is C13H11FN2O4S. The van der Waals surface area contributed by atoms with Gasteiger partial charge in [-0.05, 0) is 23.6 Å². The molecule has 110 valence electrons. The van der Waals surface area contributed by atoms with Crippen molar-refractivity contribution in [3.8, 4) is 5.75 Å². The highest BCUT2D eigenvalue weighted by Crippen LogP contribution is 2.26. The number of benzene rings is 1. The van der Waals surface area contributed by atoms with Gasteiger partial charge in [0.1, 0.15) is 16.6 Å². The highest BCUT2D eigenvalue weighted by atomic mass is 32.1. The average Bonchev–Trinajstić information content (AvgIpc) is 2.89. The minimum Gasteiger partial charge on any atom is -0.494 e. The highest BCUT2D eigenvalue weighted by Gasteiger charge is 2.15. The van der Waals surface area contributed by atoms with E-state index in [1.807, 2.05) is 0 Å². The predicted octanol–water partition coefficient (Wildman–Crippen LogP) is 3.24. The van der Waals surface area contributed by atoms with E-state index < -0.39 is 17.8 Å². The maximum atomic E-state index is 13.0. The van der Waals surface area contributed by atoms with Crippen molar-refractivity contribution in [2.45, 2.75) is 0 Å². The Bertz CT molecular complexity index is 687. The minimum absolute atomic E-state index is 0.00113. The number of thiophene rings is 1. The summed E-state index contributed by atoms with van der Waals surface area (Å²) in [7, 11) is 1.35. The fraction of sp³-hybridized carbons (Fsp3) is 0.0769. The Labute approximate surface area is 123 Å². The van der Waals surface area contributed by atoms with Crippen LogP contribution in [0.1, 0.15) is 10.4 Å². The number of carboxylic acids is 1. The Morgan fingerprint density at radius 1 is 1.29 bits per heavy atom. The molecule has 8 heteroatoms. The highest BCUT2D eigenvalue weighted by molar-refractivity contribution is 7.14. The van der Waals surface area contributed by atoms with E-state index in [9.17, 15) is 14.0 Å². The van der Waals surface area contributed by atoms with Crippen LogP contribution in [0.25, 0.3) is 0 Å². The molecule has 0 aliphatic rings. The van der Waals surface area contributed by atoms with Gasteiger partial charge in [-0.25, -0.2) is 14.0 Å². The lowest BCUT2D eigenvalue weighted by Crippen LogP contribution is -2.20. The number of nitrogens with one attached hydrogen (secondary N) is 2. The number of carbonyl (C=O) groups is 2. The molecule has 0 aliphatic heterocycles. The standard InChI is InChI=1S/C13H11FN2O4S/c1-20-10-6-7(14)2-3-9(10)15-13(19)16-11-8(12(17)18)4-5-21-11/h2-6H,1H3,(H,17,18)(H2,15,16,19). The molecule has 0 radical (unpaired) electrons. The number of halogens is 1. The van der Waals surface area contributed by atoms with Gasteiger partial charge in [0.05, 0.1) is 18.4 Å². The van der Waals surface area contributed by atoms with Crippen LogP contribution in [-0.4, -0.2) is 24.2 Å². The van der Waals surface area contributed by atoms with E-state index in [-0.39, 0.29) is 22.0 Å². The van der Waals surface area contributed by atoms with Gasteiger partial charge in [0, 0.05) is 6.07 Å². The Hall–Kier alpha value is -2.61. The first-order valence-electron chi connectivity index (χ1n) is 5.73. The molecule has 0 fully saturated rings. The lowest BCUT2D eigenvalue weighted by molar-refractivity contribution is 0.0698. The largest absolute Gasteiger partial charge is 0.494 e. The van der Waals surface area contributed by atoms with Gasteiger partial charge in [-0.3, -0.25) is 5.32 Å². The average molecular weight is 310 g/mol. The monoisotopic (exact) mass is 310 g/mol. The fourth-order valence-corrected chi connectivity index (χ4v) is 2.37. The maximum absolute atomic E-state index is 13.0. The van der Waals surface area contributed by atoms with E-state index in [1.165, 1.54) is 25.3 Å². The molecule has 1 aromatic carbocycles. The summed E-state index contributed by atoms with van der Waals surface area (Å²) < 4.78 is 18.0. The first-order chi connectivity index (χ1) is 10.0. The van der Waals surface area contributed by atoms with Crippen molar-refractivity contribution < 1.29 is 23.8 Å². The summed E-state index contributed by atoms with van der Waals surface area (Å²) in [6.07, 6.45) is 0. The van der Waals surface area contributed by atoms with Crippen LogP contribution in [0.15, 0.2) is 29.6 Å². The molecule has 2 amide bonds. The van der Waals surface area contributed by atoms with E-state index in [0.717, 1.165) is 17.4 Å². The summed E-state index contributed by atoms with van der Waals surface area (Å²) in [5, 5.41) is 15.6. The Morgan fingerprint density at radius 3 is 2.71 bits per heavy atom. The van der Waals surface area contributed by atoms with Crippen LogP contribution in [0.3, 0.4) is 0 Å². The van der Waals surface area contributed by atoms with Crippen molar-refractivity contribution >= 4 is 34.0 Å². The smallest absolute Gasteiger partial charge is 0.338 e. The van der Waals surface area contributed by atoms with Crippen LogP contribution in [-0.2, 0) is 0 Å². The Kier molecular flexibility index (Phi) is 4.39. The van der Waals surface area contributed by atoms with Crippen LogP contribution >= 0.6 is 11.3 Å². The number of urea groups is 1. The molecule has 2 aromatic rings. The number of carboxylic acid groups (broad SMARTS) is 1. The Morgan fingerprint density at radius 2 is 2.05 bits per heavy atom. The number of rotatable bonds is 4. The number of methoxy groups -OCH3 is 1. The summed E-state index contributed by atoms with van der Waals surface area (Å²) >= 11 is 1.09. The molecule has 6 nitrogen and oxygen atoms in total. The molecule has 0 spiro atoms. The lowest BCUT2D eigenvalue weighted by Gasteiger charge is -2.10. The number of anilines is 2. The molecule has 0 saturated heterocycles. The van der Waals surface area contributed by atoms with Gasteiger partial charge in [-0.15, -0.1) is 11.3 Å². The van der Waals surface area contributed by atoms with Gasteiger partial charge >= 0.3 is 12.0 Å². The molecular weight excluding hydrogens is 299 g/mol. The number of carbonyl (C=O) groups excluding carboxylic acids is 1. The molecule has 2 rings (SSSR count). The topological polar surface area (TPSA) is 87.7 Å². The molecule has 21 heavy (non-hydrogen) atoms. The summed E-state index contributed by atoms with van der Waals surface area (Å²) in [4.78, 5) is 22.8. The van der Waals surface area contributed by atoms with Gasteiger partial charge < -0.3 is 15.2 Å². The molecule has 0 aliphatic carbocycles. The predicted molar refractivity (Wildman–Crippen MR) is 76.9 cm³/mol. The van der Waals surface area contributed by atoms with Crippen LogP contribution in [0, 0.1) is 5.82 Å². The minimum atomic E-state index is -1.13. The van der Waals surface area contributed by atoms with E-state index >= 15 is 0 Å².